The predicted octanol–water partition coefficient (Wildman–Crippen LogP) is -0.834. The molecule has 1 aliphatic heterocycles. The monoisotopic (exact) mass is 205 g/mol. The van der Waals surface area contributed by atoms with Crippen LogP contribution in [0.2, 0.25) is 5.15 Å². The SMILES string of the molecule is Nc1on[n+](N2CCOCC2)c1Cl. The second-order valence-electron chi connectivity index (χ2n) is 2.68. The van der Waals surface area contributed by atoms with E-state index in [1.807, 2.05) is 5.01 Å². The number of nitrogens with zero attached hydrogens (tertiary/aromatic N) is 3. The van der Waals surface area contributed by atoms with Crippen LogP contribution in [0.4, 0.5) is 5.88 Å². The van der Waals surface area contributed by atoms with E-state index in [-0.39, 0.29) is 5.88 Å². The molecule has 72 valence electrons. The molecule has 0 aliphatic carbocycles. The third kappa shape index (κ3) is 1.54. The minimum Gasteiger partial charge on any atom is -0.377 e. The Morgan fingerprint density at radius 1 is 1.46 bits per heavy atom. The van der Waals surface area contributed by atoms with Gasteiger partial charge in [-0.25, -0.2) is 0 Å². The van der Waals surface area contributed by atoms with Gasteiger partial charge < -0.3 is 10.5 Å². The third-order valence-corrected chi connectivity index (χ3v) is 2.19. The van der Waals surface area contributed by atoms with Gasteiger partial charge in [-0.15, -0.1) is 5.01 Å². The summed E-state index contributed by atoms with van der Waals surface area (Å²) in [6.45, 7) is 2.79. The molecule has 0 unspecified atom stereocenters. The third-order valence-electron chi connectivity index (χ3n) is 1.85. The highest BCUT2D eigenvalue weighted by atomic mass is 35.5. The summed E-state index contributed by atoms with van der Waals surface area (Å²) >= 11 is 5.84. The first-order chi connectivity index (χ1) is 6.29. The van der Waals surface area contributed by atoms with Gasteiger partial charge in [0.1, 0.15) is 0 Å². The average Bonchev–Trinajstić information content (AvgIpc) is 2.49. The lowest BCUT2D eigenvalue weighted by Gasteiger charge is -2.18. The Hall–Kier alpha value is -1.01. The van der Waals surface area contributed by atoms with Gasteiger partial charge >= 0.3 is 11.0 Å². The smallest absolute Gasteiger partial charge is 0.377 e. The second-order valence-corrected chi connectivity index (χ2v) is 3.04. The van der Waals surface area contributed by atoms with Crippen molar-refractivity contribution in [3.8, 4) is 0 Å². The molecular weight excluding hydrogens is 196 g/mol. The lowest BCUT2D eigenvalue weighted by Crippen LogP contribution is -2.63. The fraction of sp³-hybridized carbons (Fsp3) is 0.667. The maximum atomic E-state index is 5.84. The van der Waals surface area contributed by atoms with E-state index in [1.165, 1.54) is 4.79 Å². The summed E-state index contributed by atoms with van der Waals surface area (Å²) in [5, 5.41) is 5.91. The summed E-state index contributed by atoms with van der Waals surface area (Å²) in [6.07, 6.45) is 0. The first kappa shape index (κ1) is 8.58. The van der Waals surface area contributed by atoms with Crippen LogP contribution in [0.3, 0.4) is 0 Å². The van der Waals surface area contributed by atoms with Crippen molar-refractivity contribution in [2.24, 2.45) is 0 Å². The number of ether oxygens (including phenoxy) is 1. The molecule has 1 aliphatic rings. The molecule has 1 saturated heterocycles. The summed E-state index contributed by atoms with van der Waals surface area (Å²) in [4.78, 5) is 1.46. The molecule has 1 aromatic heterocycles. The topological polar surface area (TPSA) is 68.4 Å². The zero-order valence-electron chi connectivity index (χ0n) is 6.94. The van der Waals surface area contributed by atoms with E-state index in [9.17, 15) is 0 Å². The van der Waals surface area contributed by atoms with Crippen molar-refractivity contribution in [3.05, 3.63) is 5.15 Å². The molecule has 6 nitrogen and oxygen atoms in total. The largest absolute Gasteiger partial charge is 0.399 e. The van der Waals surface area contributed by atoms with Gasteiger partial charge in [0, 0.05) is 11.6 Å². The van der Waals surface area contributed by atoms with Crippen molar-refractivity contribution in [2.75, 3.05) is 37.0 Å². The van der Waals surface area contributed by atoms with Crippen molar-refractivity contribution in [2.45, 2.75) is 0 Å². The number of halogens is 1. The summed E-state index contributed by atoms with van der Waals surface area (Å²) in [5.41, 5.74) is 5.41. The van der Waals surface area contributed by atoms with E-state index in [0.717, 1.165) is 13.1 Å². The van der Waals surface area contributed by atoms with Gasteiger partial charge in [0.05, 0.1) is 31.1 Å². The molecule has 0 spiro atoms. The Morgan fingerprint density at radius 3 is 2.69 bits per heavy atom. The van der Waals surface area contributed by atoms with Crippen LogP contribution < -0.4 is 15.5 Å². The molecule has 2 N–H and O–H groups in total. The first-order valence-electron chi connectivity index (χ1n) is 3.95. The molecule has 0 aromatic carbocycles. The Balaban J connectivity index is 2.18. The molecule has 2 rings (SSSR count). The van der Waals surface area contributed by atoms with E-state index in [2.05, 4.69) is 5.27 Å². The predicted molar refractivity (Wildman–Crippen MR) is 44.9 cm³/mol. The van der Waals surface area contributed by atoms with Gasteiger partial charge in [-0.2, -0.15) is 0 Å². The summed E-state index contributed by atoms with van der Waals surface area (Å²) in [7, 11) is 0. The van der Waals surface area contributed by atoms with Crippen LogP contribution in [0.5, 0.6) is 0 Å². The molecule has 13 heavy (non-hydrogen) atoms. The Bertz CT molecular complexity index is 297. The quantitative estimate of drug-likeness (QED) is 0.606. The van der Waals surface area contributed by atoms with Gasteiger partial charge in [0.25, 0.3) is 0 Å². The van der Waals surface area contributed by atoms with Crippen molar-refractivity contribution in [1.29, 1.82) is 0 Å². The van der Waals surface area contributed by atoms with Crippen LogP contribution in [-0.4, -0.2) is 31.6 Å². The van der Waals surface area contributed by atoms with Crippen molar-refractivity contribution >= 4 is 17.5 Å². The van der Waals surface area contributed by atoms with Crippen LogP contribution in [-0.2, 0) is 4.74 Å². The van der Waals surface area contributed by atoms with E-state index in [0.29, 0.717) is 18.4 Å². The molecule has 0 bridgehead atoms. The molecule has 0 saturated carbocycles. The van der Waals surface area contributed by atoms with Crippen LogP contribution in [0.1, 0.15) is 0 Å². The van der Waals surface area contributed by atoms with Crippen LogP contribution >= 0.6 is 11.6 Å². The van der Waals surface area contributed by atoms with Crippen LogP contribution in [0.15, 0.2) is 4.52 Å². The standard InChI is InChI=1S/C6H10ClN4O2/c7-5-6(8)13-9-11(5)10-1-3-12-4-2-10/h1-4,8H2/q+1. The number of rotatable bonds is 1. The molecular formula is C6H10ClN4O2+. The van der Waals surface area contributed by atoms with Crippen LogP contribution in [0.25, 0.3) is 0 Å². The molecule has 2 heterocycles. The number of hydrogen-bond acceptors (Lipinski definition) is 5. The number of nitrogens with two attached hydrogens (primary N) is 1. The fourth-order valence-electron chi connectivity index (χ4n) is 1.17. The lowest BCUT2D eigenvalue weighted by atomic mass is 10.5. The van der Waals surface area contributed by atoms with Crippen molar-refractivity contribution in [1.82, 2.24) is 5.27 Å². The molecule has 0 amide bonds. The van der Waals surface area contributed by atoms with Crippen molar-refractivity contribution in [3.63, 3.8) is 0 Å². The maximum Gasteiger partial charge on any atom is 0.399 e. The van der Waals surface area contributed by atoms with E-state index < -0.39 is 0 Å². The molecule has 0 radical (unpaired) electrons. The molecule has 0 atom stereocenters. The number of aromatic nitrogens is 2. The zero-order chi connectivity index (χ0) is 9.26. The van der Waals surface area contributed by atoms with Gasteiger partial charge in [-0.05, 0) is 0 Å². The highest BCUT2D eigenvalue weighted by molar-refractivity contribution is 6.30. The molecule has 7 heteroatoms. The highest BCUT2D eigenvalue weighted by Gasteiger charge is 2.28. The van der Waals surface area contributed by atoms with E-state index in [1.54, 1.807) is 0 Å². The van der Waals surface area contributed by atoms with Crippen LogP contribution in [0, 0.1) is 0 Å². The average molecular weight is 206 g/mol. The Labute approximate surface area is 79.7 Å². The summed E-state index contributed by atoms with van der Waals surface area (Å²) < 4.78 is 9.90. The fourth-order valence-corrected chi connectivity index (χ4v) is 1.35. The number of anilines is 1. The lowest BCUT2D eigenvalue weighted by molar-refractivity contribution is -0.757. The molecule has 1 aromatic rings. The van der Waals surface area contributed by atoms with Gasteiger partial charge in [0.15, 0.2) is 0 Å². The van der Waals surface area contributed by atoms with E-state index >= 15 is 0 Å². The number of morpholine rings is 1. The highest BCUT2D eigenvalue weighted by Crippen LogP contribution is 2.11. The number of hydrogen-bond donors (Lipinski definition) is 1. The first-order valence-corrected chi connectivity index (χ1v) is 4.33. The normalized spacial score (nSPS) is 17.8. The van der Waals surface area contributed by atoms with Crippen molar-refractivity contribution < 1.29 is 14.1 Å². The zero-order valence-corrected chi connectivity index (χ0v) is 7.70. The van der Waals surface area contributed by atoms with Gasteiger partial charge in [-0.1, -0.05) is 0 Å². The minimum atomic E-state index is 0.133. The Kier molecular flexibility index (Phi) is 2.24. The Morgan fingerprint density at radius 2 is 2.15 bits per heavy atom. The van der Waals surface area contributed by atoms with Gasteiger partial charge in [-0.3, -0.25) is 4.52 Å². The molecule has 1 fully saturated rings. The summed E-state index contributed by atoms with van der Waals surface area (Å²) in [6, 6.07) is 0. The van der Waals surface area contributed by atoms with E-state index in [4.69, 9.17) is 26.6 Å². The number of nitrogen functional groups attached to an aromatic ring is 1. The second kappa shape index (κ2) is 3.39. The minimum absolute atomic E-state index is 0.133. The van der Waals surface area contributed by atoms with Gasteiger partial charge in [0.2, 0.25) is 5.27 Å². The summed E-state index contributed by atoms with van der Waals surface area (Å²) in [5.74, 6) is 0.133. The maximum absolute atomic E-state index is 5.84.